The summed E-state index contributed by atoms with van der Waals surface area (Å²) < 4.78 is 5.49. The molecular formula is C19H23N3O4. The van der Waals surface area contributed by atoms with Crippen LogP contribution in [0.2, 0.25) is 0 Å². The number of rotatable bonds is 9. The second-order valence-corrected chi connectivity index (χ2v) is 5.56. The lowest BCUT2D eigenvalue weighted by atomic mass is 10.1. The van der Waals surface area contributed by atoms with Crippen LogP contribution >= 0.6 is 0 Å². The third kappa shape index (κ3) is 5.94. The molecule has 0 aliphatic carbocycles. The third-order valence-corrected chi connectivity index (χ3v) is 3.68. The Morgan fingerprint density at radius 2 is 1.73 bits per heavy atom. The van der Waals surface area contributed by atoms with Crippen LogP contribution in [0.4, 0.5) is 0 Å². The summed E-state index contributed by atoms with van der Waals surface area (Å²) in [6.07, 6.45) is -0.0847. The molecule has 0 saturated heterocycles. The average Bonchev–Trinajstić information content (AvgIpc) is 2.70. The first-order chi connectivity index (χ1) is 12.6. The number of ether oxygens (including phenoxy) is 1. The lowest BCUT2D eigenvalue weighted by Gasteiger charge is -2.23. The van der Waals surface area contributed by atoms with E-state index in [4.69, 9.17) is 4.74 Å². The molecular weight excluding hydrogens is 334 g/mol. The highest BCUT2D eigenvalue weighted by molar-refractivity contribution is 5.94. The van der Waals surface area contributed by atoms with Gasteiger partial charge in [-0.3, -0.25) is 14.6 Å². The van der Waals surface area contributed by atoms with E-state index in [2.05, 4.69) is 15.6 Å². The second-order valence-electron chi connectivity index (χ2n) is 5.56. The Labute approximate surface area is 152 Å². The van der Waals surface area contributed by atoms with Crippen molar-refractivity contribution >= 4 is 11.8 Å². The molecule has 0 bridgehead atoms. The van der Waals surface area contributed by atoms with Gasteiger partial charge in [-0.25, -0.2) is 0 Å². The van der Waals surface area contributed by atoms with E-state index in [-0.39, 0.29) is 30.6 Å². The number of aliphatic hydroxyl groups excluding tert-OH is 1. The Balaban J connectivity index is 1.85. The molecule has 1 heterocycles. The summed E-state index contributed by atoms with van der Waals surface area (Å²) in [7, 11) is 0. The number of hydrogen-bond acceptors (Lipinski definition) is 5. The molecule has 138 valence electrons. The fraction of sp³-hybridized carbons (Fsp3) is 0.316. The maximum absolute atomic E-state index is 12.0. The van der Waals surface area contributed by atoms with Gasteiger partial charge in [0.1, 0.15) is 11.8 Å². The summed E-state index contributed by atoms with van der Waals surface area (Å²) in [6.45, 7) is 2.28. The molecule has 1 aromatic heterocycles. The number of aliphatic hydroxyl groups is 1. The standard InChI is InChI=1S/C19H23N3O4/c1-2-26-17(13-22-19(25)15-10-6-7-11-20-15)16(23)12-21-18(24)14-8-4-3-5-9-14/h3-11,16-17,23H,2,12-13H2,1H3,(H,21,24)(H,22,25)/t16-,17+/m0/s1. The summed E-state index contributed by atoms with van der Waals surface area (Å²) in [5.41, 5.74) is 0.797. The second kappa shape index (κ2) is 10.3. The molecule has 1 aromatic carbocycles. The van der Waals surface area contributed by atoms with Gasteiger partial charge in [-0.15, -0.1) is 0 Å². The maximum atomic E-state index is 12.0. The number of amides is 2. The summed E-state index contributed by atoms with van der Waals surface area (Å²) in [4.78, 5) is 28.1. The van der Waals surface area contributed by atoms with Gasteiger partial charge in [-0.1, -0.05) is 24.3 Å². The van der Waals surface area contributed by atoms with Crippen LogP contribution in [0.1, 0.15) is 27.8 Å². The van der Waals surface area contributed by atoms with E-state index in [1.54, 1.807) is 49.4 Å². The molecule has 0 saturated carbocycles. The predicted molar refractivity (Wildman–Crippen MR) is 96.8 cm³/mol. The molecule has 7 nitrogen and oxygen atoms in total. The van der Waals surface area contributed by atoms with Gasteiger partial charge < -0.3 is 20.5 Å². The van der Waals surface area contributed by atoms with Crippen molar-refractivity contribution in [2.24, 2.45) is 0 Å². The van der Waals surface area contributed by atoms with E-state index in [0.717, 1.165) is 0 Å². The quantitative estimate of drug-likeness (QED) is 0.622. The fourth-order valence-electron chi connectivity index (χ4n) is 2.32. The maximum Gasteiger partial charge on any atom is 0.269 e. The smallest absolute Gasteiger partial charge is 0.269 e. The molecule has 26 heavy (non-hydrogen) atoms. The molecule has 2 amide bonds. The third-order valence-electron chi connectivity index (χ3n) is 3.68. The average molecular weight is 357 g/mol. The predicted octanol–water partition coefficient (Wildman–Crippen LogP) is 1.01. The molecule has 0 aliphatic heterocycles. The molecule has 2 atom stereocenters. The van der Waals surface area contributed by atoms with Gasteiger partial charge in [-0.2, -0.15) is 0 Å². The van der Waals surface area contributed by atoms with E-state index in [1.165, 1.54) is 6.20 Å². The van der Waals surface area contributed by atoms with Crippen LogP contribution in [0.15, 0.2) is 54.7 Å². The fourth-order valence-corrected chi connectivity index (χ4v) is 2.32. The van der Waals surface area contributed by atoms with E-state index < -0.39 is 12.2 Å². The largest absolute Gasteiger partial charge is 0.388 e. The van der Waals surface area contributed by atoms with Gasteiger partial charge in [0.25, 0.3) is 11.8 Å². The van der Waals surface area contributed by atoms with Gasteiger partial charge >= 0.3 is 0 Å². The molecule has 2 aromatic rings. The first-order valence-electron chi connectivity index (χ1n) is 8.44. The van der Waals surface area contributed by atoms with Gasteiger partial charge in [-0.05, 0) is 31.2 Å². The Hall–Kier alpha value is -2.77. The Morgan fingerprint density at radius 3 is 2.38 bits per heavy atom. The first kappa shape index (κ1) is 19.6. The van der Waals surface area contributed by atoms with Crippen LogP contribution in [0.3, 0.4) is 0 Å². The van der Waals surface area contributed by atoms with Crippen LogP contribution in [0.25, 0.3) is 0 Å². The molecule has 0 fully saturated rings. The number of hydrogen-bond donors (Lipinski definition) is 3. The van der Waals surface area contributed by atoms with E-state index >= 15 is 0 Å². The zero-order valence-electron chi connectivity index (χ0n) is 14.6. The van der Waals surface area contributed by atoms with Crippen LogP contribution in [-0.4, -0.2) is 53.8 Å². The normalized spacial score (nSPS) is 12.8. The minimum Gasteiger partial charge on any atom is -0.388 e. The Morgan fingerprint density at radius 1 is 1.04 bits per heavy atom. The first-order valence-corrected chi connectivity index (χ1v) is 8.44. The molecule has 7 heteroatoms. The number of aromatic nitrogens is 1. The Kier molecular flexibility index (Phi) is 7.73. The molecule has 3 N–H and O–H groups in total. The van der Waals surface area contributed by atoms with E-state index in [9.17, 15) is 14.7 Å². The van der Waals surface area contributed by atoms with Crippen molar-refractivity contribution in [3.63, 3.8) is 0 Å². The van der Waals surface area contributed by atoms with Crippen LogP contribution in [0, 0.1) is 0 Å². The zero-order chi connectivity index (χ0) is 18.8. The van der Waals surface area contributed by atoms with Gasteiger partial charge in [0, 0.05) is 31.5 Å². The lowest BCUT2D eigenvalue weighted by Crippen LogP contribution is -2.46. The number of nitrogens with zero attached hydrogens (tertiary/aromatic N) is 1. The van der Waals surface area contributed by atoms with Crippen molar-refractivity contribution in [3.8, 4) is 0 Å². The van der Waals surface area contributed by atoms with E-state index in [1.807, 2.05) is 6.07 Å². The van der Waals surface area contributed by atoms with Crippen LogP contribution < -0.4 is 10.6 Å². The van der Waals surface area contributed by atoms with Crippen molar-refractivity contribution in [2.75, 3.05) is 19.7 Å². The number of pyridine rings is 1. The van der Waals surface area contributed by atoms with Gasteiger partial charge in [0.15, 0.2) is 0 Å². The highest BCUT2D eigenvalue weighted by Crippen LogP contribution is 2.02. The number of carbonyl (C=O) groups is 2. The lowest BCUT2D eigenvalue weighted by molar-refractivity contribution is -0.0287. The minimum atomic E-state index is -0.966. The van der Waals surface area contributed by atoms with E-state index in [0.29, 0.717) is 12.2 Å². The molecule has 0 aliphatic rings. The van der Waals surface area contributed by atoms with Crippen LogP contribution in [0.5, 0.6) is 0 Å². The molecule has 0 radical (unpaired) electrons. The van der Waals surface area contributed by atoms with Crippen molar-refractivity contribution in [3.05, 3.63) is 66.0 Å². The Bertz CT molecular complexity index is 694. The zero-order valence-corrected chi connectivity index (χ0v) is 14.6. The number of benzene rings is 1. The number of carbonyl (C=O) groups excluding carboxylic acids is 2. The molecule has 2 rings (SSSR count). The summed E-state index contributed by atoms with van der Waals surface area (Å²) in [6, 6.07) is 13.8. The minimum absolute atomic E-state index is 0.0118. The SMILES string of the molecule is CCO[C@H](CNC(=O)c1ccccn1)[C@@H](O)CNC(=O)c1ccccc1. The van der Waals surface area contributed by atoms with Gasteiger partial charge in [0.05, 0.1) is 6.10 Å². The van der Waals surface area contributed by atoms with Crippen LogP contribution in [-0.2, 0) is 4.74 Å². The summed E-state index contributed by atoms with van der Waals surface area (Å²) >= 11 is 0. The molecule has 0 unspecified atom stereocenters. The van der Waals surface area contributed by atoms with Crippen molar-refractivity contribution < 1.29 is 19.4 Å². The highest BCUT2D eigenvalue weighted by Gasteiger charge is 2.21. The van der Waals surface area contributed by atoms with Crippen molar-refractivity contribution in [2.45, 2.75) is 19.1 Å². The van der Waals surface area contributed by atoms with Gasteiger partial charge in [0.2, 0.25) is 0 Å². The van der Waals surface area contributed by atoms with Crippen molar-refractivity contribution in [1.29, 1.82) is 0 Å². The number of nitrogens with one attached hydrogen (secondary N) is 2. The molecule has 0 spiro atoms. The summed E-state index contributed by atoms with van der Waals surface area (Å²) in [5, 5.41) is 15.7. The van der Waals surface area contributed by atoms with Crippen molar-refractivity contribution in [1.82, 2.24) is 15.6 Å². The summed E-state index contributed by atoms with van der Waals surface area (Å²) in [5.74, 6) is -0.631. The highest BCUT2D eigenvalue weighted by atomic mass is 16.5. The monoisotopic (exact) mass is 357 g/mol. The topological polar surface area (TPSA) is 101 Å².